The van der Waals surface area contributed by atoms with Crippen LogP contribution in [0.1, 0.15) is 31.7 Å². The summed E-state index contributed by atoms with van der Waals surface area (Å²) in [5.41, 5.74) is 1.21. The average Bonchev–Trinajstić information content (AvgIpc) is 2.87. The summed E-state index contributed by atoms with van der Waals surface area (Å²) in [4.78, 5) is 11.3. The number of methoxy groups -OCH3 is 1. The van der Waals surface area contributed by atoms with Gasteiger partial charge in [-0.05, 0) is 24.8 Å². The van der Waals surface area contributed by atoms with Gasteiger partial charge in [-0.1, -0.05) is 13.8 Å². The van der Waals surface area contributed by atoms with Crippen LogP contribution in [0, 0.1) is 11.8 Å². The summed E-state index contributed by atoms with van der Waals surface area (Å²) >= 11 is 0. The lowest BCUT2D eigenvalue weighted by Crippen LogP contribution is -2.21. The predicted molar refractivity (Wildman–Crippen MR) is 75.8 cm³/mol. The molecule has 1 atom stereocenters. The van der Waals surface area contributed by atoms with E-state index in [-0.39, 0.29) is 0 Å². The van der Waals surface area contributed by atoms with Gasteiger partial charge in [0.25, 0.3) is 0 Å². The molecular weight excluding hydrogens is 238 g/mol. The van der Waals surface area contributed by atoms with Crippen LogP contribution in [0.4, 0.5) is 0 Å². The monoisotopic (exact) mass is 263 g/mol. The van der Waals surface area contributed by atoms with Crippen LogP contribution in [0.2, 0.25) is 0 Å². The van der Waals surface area contributed by atoms with E-state index in [1.807, 2.05) is 12.4 Å². The Hall–Kier alpha value is -1.00. The Morgan fingerprint density at radius 2 is 2.11 bits per heavy atom. The number of hydrogen-bond donors (Lipinski definition) is 0. The SMILES string of the molecule is COCCc1ncc(CN2CCC(C(C)C)C2)cn1. The van der Waals surface area contributed by atoms with Crippen molar-refractivity contribution in [3.05, 3.63) is 23.8 Å². The molecule has 0 aliphatic carbocycles. The van der Waals surface area contributed by atoms with Gasteiger partial charge in [0.05, 0.1) is 6.61 Å². The first-order chi connectivity index (χ1) is 9.19. The molecular formula is C15H25N3O. The summed E-state index contributed by atoms with van der Waals surface area (Å²) in [6.07, 6.45) is 6.03. The third-order valence-electron chi connectivity index (χ3n) is 3.95. The van der Waals surface area contributed by atoms with Crippen LogP contribution < -0.4 is 0 Å². The number of rotatable bonds is 6. The molecule has 106 valence electrons. The third-order valence-corrected chi connectivity index (χ3v) is 3.95. The van der Waals surface area contributed by atoms with Crippen molar-refractivity contribution in [2.75, 3.05) is 26.8 Å². The Balaban J connectivity index is 1.83. The lowest BCUT2D eigenvalue weighted by Gasteiger charge is -2.17. The van der Waals surface area contributed by atoms with Gasteiger partial charge in [0.1, 0.15) is 5.82 Å². The van der Waals surface area contributed by atoms with Gasteiger partial charge in [0.15, 0.2) is 0 Å². The maximum absolute atomic E-state index is 5.03. The Kier molecular flexibility index (Phi) is 5.28. The second kappa shape index (κ2) is 6.96. The van der Waals surface area contributed by atoms with Crippen LogP contribution in [-0.2, 0) is 17.7 Å². The first-order valence-electron chi connectivity index (χ1n) is 7.20. The highest BCUT2D eigenvalue weighted by Crippen LogP contribution is 2.24. The summed E-state index contributed by atoms with van der Waals surface area (Å²) in [5, 5.41) is 0. The second-order valence-corrected chi connectivity index (χ2v) is 5.78. The van der Waals surface area contributed by atoms with Gasteiger partial charge in [-0.3, -0.25) is 4.90 Å². The molecule has 1 saturated heterocycles. The zero-order valence-corrected chi connectivity index (χ0v) is 12.3. The fourth-order valence-corrected chi connectivity index (χ4v) is 2.59. The molecule has 0 bridgehead atoms. The lowest BCUT2D eigenvalue weighted by molar-refractivity contribution is 0.200. The molecule has 2 rings (SSSR count). The highest BCUT2D eigenvalue weighted by molar-refractivity contribution is 5.05. The summed E-state index contributed by atoms with van der Waals surface area (Å²) in [6, 6.07) is 0. The fourth-order valence-electron chi connectivity index (χ4n) is 2.59. The van der Waals surface area contributed by atoms with E-state index in [9.17, 15) is 0 Å². The smallest absolute Gasteiger partial charge is 0.130 e. The molecule has 1 fully saturated rings. The van der Waals surface area contributed by atoms with Crippen molar-refractivity contribution in [2.24, 2.45) is 11.8 Å². The van der Waals surface area contributed by atoms with E-state index in [0.717, 1.165) is 30.6 Å². The minimum Gasteiger partial charge on any atom is -0.384 e. The lowest BCUT2D eigenvalue weighted by atomic mass is 9.95. The fraction of sp³-hybridized carbons (Fsp3) is 0.733. The quantitative estimate of drug-likeness (QED) is 0.788. The Morgan fingerprint density at radius 3 is 2.68 bits per heavy atom. The van der Waals surface area contributed by atoms with Gasteiger partial charge in [0, 0.05) is 44.6 Å². The topological polar surface area (TPSA) is 38.2 Å². The molecule has 0 saturated carbocycles. The molecule has 0 aromatic carbocycles. The van der Waals surface area contributed by atoms with Crippen molar-refractivity contribution < 1.29 is 4.74 Å². The molecule has 19 heavy (non-hydrogen) atoms. The van der Waals surface area contributed by atoms with E-state index in [1.165, 1.54) is 25.1 Å². The second-order valence-electron chi connectivity index (χ2n) is 5.78. The van der Waals surface area contributed by atoms with Crippen molar-refractivity contribution in [1.82, 2.24) is 14.9 Å². The summed E-state index contributed by atoms with van der Waals surface area (Å²) in [5.74, 6) is 2.51. The average molecular weight is 263 g/mol. The molecule has 0 radical (unpaired) electrons. The minimum absolute atomic E-state index is 0.682. The number of nitrogens with zero attached hydrogens (tertiary/aromatic N) is 3. The standard InChI is InChI=1S/C15H25N3O/c1-12(2)14-4-6-18(11-14)10-13-8-16-15(17-9-13)5-7-19-3/h8-9,12,14H,4-7,10-11H2,1-3H3. The molecule has 1 aliphatic rings. The molecule has 4 heteroatoms. The zero-order valence-electron chi connectivity index (χ0n) is 12.3. The molecule has 4 nitrogen and oxygen atoms in total. The van der Waals surface area contributed by atoms with E-state index >= 15 is 0 Å². The number of aromatic nitrogens is 2. The van der Waals surface area contributed by atoms with E-state index in [2.05, 4.69) is 28.7 Å². The van der Waals surface area contributed by atoms with Gasteiger partial charge in [-0.2, -0.15) is 0 Å². The largest absolute Gasteiger partial charge is 0.384 e. The van der Waals surface area contributed by atoms with Crippen molar-refractivity contribution >= 4 is 0 Å². The van der Waals surface area contributed by atoms with Gasteiger partial charge >= 0.3 is 0 Å². The summed E-state index contributed by atoms with van der Waals surface area (Å²) in [7, 11) is 1.70. The van der Waals surface area contributed by atoms with Crippen molar-refractivity contribution in [1.29, 1.82) is 0 Å². The number of likely N-dealkylation sites (tertiary alicyclic amines) is 1. The van der Waals surface area contributed by atoms with Gasteiger partial charge < -0.3 is 4.74 Å². The Labute approximate surface area is 116 Å². The van der Waals surface area contributed by atoms with Crippen molar-refractivity contribution in [3.63, 3.8) is 0 Å². The van der Waals surface area contributed by atoms with Crippen LogP contribution >= 0.6 is 0 Å². The Bertz CT molecular complexity index is 377. The van der Waals surface area contributed by atoms with E-state index in [0.29, 0.717) is 6.61 Å². The van der Waals surface area contributed by atoms with Crippen LogP contribution in [0.25, 0.3) is 0 Å². The first-order valence-corrected chi connectivity index (χ1v) is 7.20. The first kappa shape index (κ1) is 14.4. The van der Waals surface area contributed by atoms with Crippen LogP contribution in [0.15, 0.2) is 12.4 Å². The molecule has 1 aromatic rings. The highest BCUT2D eigenvalue weighted by Gasteiger charge is 2.24. The molecule has 0 spiro atoms. The third kappa shape index (κ3) is 4.25. The highest BCUT2D eigenvalue weighted by atomic mass is 16.5. The van der Waals surface area contributed by atoms with Crippen molar-refractivity contribution in [3.8, 4) is 0 Å². The zero-order chi connectivity index (χ0) is 13.7. The van der Waals surface area contributed by atoms with Gasteiger partial charge in [-0.25, -0.2) is 9.97 Å². The molecule has 1 aromatic heterocycles. The van der Waals surface area contributed by atoms with E-state index < -0.39 is 0 Å². The maximum atomic E-state index is 5.03. The van der Waals surface area contributed by atoms with Gasteiger partial charge in [0.2, 0.25) is 0 Å². The predicted octanol–water partition coefficient (Wildman–Crippen LogP) is 2.14. The van der Waals surface area contributed by atoms with Crippen LogP contribution in [-0.4, -0.2) is 41.7 Å². The molecule has 0 amide bonds. The normalized spacial score (nSPS) is 20.3. The molecule has 0 N–H and O–H groups in total. The summed E-state index contributed by atoms with van der Waals surface area (Å²) < 4.78 is 5.03. The van der Waals surface area contributed by atoms with Crippen LogP contribution in [0.5, 0.6) is 0 Å². The van der Waals surface area contributed by atoms with Crippen molar-refractivity contribution in [2.45, 2.75) is 33.2 Å². The molecule has 1 unspecified atom stereocenters. The Morgan fingerprint density at radius 1 is 1.37 bits per heavy atom. The molecule has 2 heterocycles. The van der Waals surface area contributed by atoms with E-state index in [1.54, 1.807) is 7.11 Å². The number of ether oxygens (including phenoxy) is 1. The van der Waals surface area contributed by atoms with Gasteiger partial charge in [-0.15, -0.1) is 0 Å². The minimum atomic E-state index is 0.682. The number of hydrogen-bond acceptors (Lipinski definition) is 4. The summed E-state index contributed by atoms with van der Waals surface area (Å²) in [6.45, 7) is 8.72. The van der Waals surface area contributed by atoms with Crippen LogP contribution in [0.3, 0.4) is 0 Å². The van der Waals surface area contributed by atoms with E-state index in [4.69, 9.17) is 4.74 Å². The maximum Gasteiger partial charge on any atom is 0.130 e. The molecule has 1 aliphatic heterocycles.